The van der Waals surface area contributed by atoms with E-state index in [1.807, 2.05) is 0 Å². The number of carbonyl (C=O) groups excluding carboxylic acids is 1. The SMILES string of the molecule is CCOC(=O)n1cc[nH]c1=O. The van der Waals surface area contributed by atoms with Crippen LogP contribution in [0.15, 0.2) is 17.2 Å². The largest absolute Gasteiger partial charge is 0.449 e. The Kier molecular flexibility index (Phi) is 2.10. The third-order valence-electron chi connectivity index (χ3n) is 1.11. The van der Waals surface area contributed by atoms with Crippen LogP contribution in [0.3, 0.4) is 0 Å². The van der Waals surface area contributed by atoms with Crippen LogP contribution in [-0.4, -0.2) is 22.3 Å². The Morgan fingerprint density at radius 3 is 3.00 bits per heavy atom. The van der Waals surface area contributed by atoms with E-state index in [1.54, 1.807) is 6.92 Å². The molecule has 0 atom stereocenters. The van der Waals surface area contributed by atoms with Gasteiger partial charge in [0.05, 0.1) is 6.61 Å². The number of hydrogen-bond acceptors (Lipinski definition) is 3. The summed E-state index contributed by atoms with van der Waals surface area (Å²) in [5.41, 5.74) is -0.483. The number of aromatic amines is 1. The molecule has 1 N–H and O–H groups in total. The van der Waals surface area contributed by atoms with Gasteiger partial charge in [0, 0.05) is 12.4 Å². The molecule has 0 saturated heterocycles. The minimum Gasteiger partial charge on any atom is -0.449 e. The molecule has 0 amide bonds. The Morgan fingerprint density at radius 1 is 1.82 bits per heavy atom. The molecule has 0 radical (unpaired) electrons. The van der Waals surface area contributed by atoms with Gasteiger partial charge in [-0.05, 0) is 6.92 Å². The van der Waals surface area contributed by atoms with Crippen molar-refractivity contribution in [1.29, 1.82) is 0 Å². The normalized spacial score (nSPS) is 9.55. The molecule has 0 saturated carbocycles. The number of imidazole rings is 1. The van der Waals surface area contributed by atoms with E-state index in [2.05, 4.69) is 9.72 Å². The van der Waals surface area contributed by atoms with Crippen LogP contribution in [0, 0.1) is 0 Å². The van der Waals surface area contributed by atoms with Crippen LogP contribution in [0.1, 0.15) is 6.92 Å². The summed E-state index contributed by atoms with van der Waals surface area (Å²) in [6, 6.07) is 0. The van der Waals surface area contributed by atoms with E-state index in [4.69, 9.17) is 0 Å². The summed E-state index contributed by atoms with van der Waals surface area (Å²) in [7, 11) is 0. The van der Waals surface area contributed by atoms with Gasteiger partial charge in [0.25, 0.3) is 0 Å². The predicted molar refractivity (Wildman–Crippen MR) is 37.5 cm³/mol. The number of carbonyl (C=O) groups is 1. The fourth-order valence-electron chi connectivity index (χ4n) is 0.657. The van der Waals surface area contributed by atoms with Crippen molar-refractivity contribution in [1.82, 2.24) is 9.55 Å². The molecule has 0 unspecified atom stereocenters. The lowest BCUT2D eigenvalue weighted by atomic mass is 10.8. The Labute approximate surface area is 62.6 Å². The molecule has 0 aliphatic carbocycles. The highest BCUT2D eigenvalue weighted by Gasteiger charge is 2.05. The molecule has 60 valence electrons. The minimum absolute atomic E-state index is 0.260. The summed E-state index contributed by atoms with van der Waals surface area (Å²) in [5.74, 6) is 0. The lowest BCUT2D eigenvalue weighted by Gasteiger charge is -1.98. The Morgan fingerprint density at radius 2 is 2.55 bits per heavy atom. The van der Waals surface area contributed by atoms with Gasteiger partial charge in [-0.1, -0.05) is 0 Å². The Hall–Kier alpha value is -1.52. The maximum atomic E-state index is 10.8. The van der Waals surface area contributed by atoms with Gasteiger partial charge in [-0.3, -0.25) is 0 Å². The highest BCUT2D eigenvalue weighted by Crippen LogP contribution is 1.83. The van der Waals surface area contributed by atoms with E-state index < -0.39 is 11.8 Å². The maximum absolute atomic E-state index is 10.8. The summed E-state index contributed by atoms with van der Waals surface area (Å²) in [6.07, 6.45) is 2.04. The topological polar surface area (TPSA) is 64.1 Å². The first-order valence-corrected chi connectivity index (χ1v) is 3.19. The number of hydrogen-bond donors (Lipinski definition) is 1. The Balaban J connectivity index is 2.85. The molecule has 5 nitrogen and oxygen atoms in total. The molecule has 1 aromatic rings. The van der Waals surface area contributed by atoms with Gasteiger partial charge < -0.3 is 9.72 Å². The van der Waals surface area contributed by atoms with Crippen LogP contribution in [0.25, 0.3) is 0 Å². The van der Waals surface area contributed by atoms with Crippen molar-refractivity contribution >= 4 is 6.09 Å². The maximum Gasteiger partial charge on any atom is 0.422 e. The molecule has 1 aromatic heterocycles. The van der Waals surface area contributed by atoms with Crippen molar-refractivity contribution in [3.05, 3.63) is 22.9 Å². The van der Waals surface area contributed by atoms with Gasteiger partial charge >= 0.3 is 11.8 Å². The van der Waals surface area contributed by atoms with Crippen molar-refractivity contribution in [2.45, 2.75) is 6.92 Å². The fourth-order valence-corrected chi connectivity index (χ4v) is 0.657. The molecule has 1 heterocycles. The van der Waals surface area contributed by atoms with E-state index in [1.165, 1.54) is 12.4 Å². The quantitative estimate of drug-likeness (QED) is 0.630. The monoisotopic (exact) mass is 156 g/mol. The molecule has 0 aliphatic heterocycles. The van der Waals surface area contributed by atoms with Crippen molar-refractivity contribution < 1.29 is 9.53 Å². The molecule has 11 heavy (non-hydrogen) atoms. The minimum atomic E-state index is -0.654. The third-order valence-corrected chi connectivity index (χ3v) is 1.11. The third kappa shape index (κ3) is 1.49. The van der Waals surface area contributed by atoms with Crippen molar-refractivity contribution in [3.63, 3.8) is 0 Å². The van der Waals surface area contributed by atoms with Gasteiger partial charge in [-0.15, -0.1) is 0 Å². The van der Waals surface area contributed by atoms with Crippen molar-refractivity contribution in [2.75, 3.05) is 6.61 Å². The highest BCUT2D eigenvalue weighted by molar-refractivity contribution is 5.69. The second kappa shape index (κ2) is 3.05. The van der Waals surface area contributed by atoms with Crippen molar-refractivity contribution in [3.8, 4) is 0 Å². The second-order valence-electron chi connectivity index (χ2n) is 1.83. The molecule has 1 rings (SSSR count). The van der Waals surface area contributed by atoms with Crippen LogP contribution < -0.4 is 5.69 Å². The molecule has 5 heteroatoms. The Bertz CT molecular complexity index is 299. The summed E-state index contributed by atoms with van der Waals surface area (Å²) in [4.78, 5) is 23.9. The summed E-state index contributed by atoms with van der Waals surface area (Å²) < 4.78 is 5.44. The first-order valence-electron chi connectivity index (χ1n) is 3.19. The van der Waals surface area contributed by atoms with E-state index in [9.17, 15) is 9.59 Å². The number of rotatable bonds is 1. The first kappa shape index (κ1) is 7.59. The molecular weight excluding hydrogens is 148 g/mol. The lowest BCUT2D eigenvalue weighted by Crippen LogP contribution is -2.24. The highest BCUT2D eigenvalue weighted by atomic mass is 16.5. The second-order valence-corrected chi connectivity index (χ2v) is 1.83. The molecule has 0 aromatic carbocycles. The van der Waals surface area contributed by atoms with Crippen LogP contribution in [0.5, 0.6) is 0 Å². The van der Waals surface area contributed by atoms with Crippen LogP contribution in [0.2, 0.25) is 0 Å². The number of H-pyrrole nitrogens is 1. The fraction of sp³-hybridized carbons (Fsp3) is 0.333. The zero-order valence-electron chi connectivity index (χ0n) is 6.03. The molecule has 0 fully saturated rings. The van der Waals surface area contributed by atoms with Gasteiger partial charge in [-0.2, -0.15) is 0 Å². The summed E-state index contributed by atoms with van der Waals surface area (Å²) in [5, 5.41) is 0. The zero-order valence-corrected chi connectivity index (χ0v) is 6.03. The van der Waals surface area contributed by atoms with Gasteiger partial charge in [0.2, 0.25) is 0 Å². The molecular formula is C6H8N2O3. The van der Waals surface area contributed by atoms with Gasteiger partial charge in [0.1, 0.15) is 0 Å². The number of nitrogens with one attached hydrogen (secondary N) is 1. The number of nitrogens with zero attached hydrogens (tertiary/aromatic N) is 1. The van der Waals surface area contributed by atoms with E-state index in [-0.39, 0.29) is 6.61 Å². The molecule has 0 spiro atoms. The van der Waals surface area contributed by atoms with E-state index in [0.717, 1.165) is 4.57 Å². The number of aromatic nitrogens is 2. The standard InChI is InChI=1S/C6H8N2O3/c1-2-11-6(10)8-4-3-7-5(8)9/h3-4H,2H2,1H3,(H,7,9). The summed E-state index contributed by atoms with van der Waals surface area (Å²) in [6.45, 7) is 1.94. The van der Waals surface area contributed by atoms with E-state index >= 15 is 0 Å². The van der Waals surface area contributed by atoms with Crippen LogP contribution in [0.4, 0.5) is 4.79 Å². The zero-order chi connectivity index (χ0) is 8.27. The summed E-state index contributed by atoms with van der Waals surface area (Å²) >= 11 is 0. The smallest absolute Gasteiger partial charge is 0.422 e. The lowest BCUT2D eigenvalue weighted by molar-refractivity contribution is 0.153. The van der Waals surface area contributed by atoms with Crippen LogP contribution >= 0.6 is 0 Å². The van der Waals surface area contributed by atoms with Crippen molar-refractivity contribution in [2.24, 2.45) is 0 Å². The molecule has 0 aliphatic rings. The van der Waals surface area contributed by atoms with E-state index in [0.29, 0.717) is 0 Å². The number of ether oxygens (including phenoxy) is 1. The first-order chi connectivity index (χ1) is 5.25. The predicted octanol–water partition coefficient (Wildman–Crippen LogP) is 0.181. The average Bonchev–Trinajstić information content (AvgIpc) is 2.36. The molecule has 0 bridgehead atoms. The van der Waals surface area contributed by atoms with Crippen LogP contribution in [-0.2, 0) is 4.74 Å². The van der Waals surface area contributed by atoms with Gasteiger partial charge in [-0.25, -0.2) is 14.2 Å². The van der Waals surface area contributed by atoms with Gasteiger partial charge in [0.15, 0.2) is 0 Å². The average molecular weight is 156 g/mol.